The lowest BCUT2D eigenvalue weighted by Crippen LogP contribution is -2.50. The van der Waals surface area contributed by atoms with E-state index in [1.807, 2.05) is 35.2 Å². The number of rotatable bonds is 8. The van der Waals surface area contributed by atoms with E-state index in [0.717, 1.165) is 31.2 Å². The molecule has 1 heterocycles. The van der Waals surface area contributed by atoms with E-state index < -0.39 is 0 Å². The van der Waals surface area contributed by atoms with Crippen molar-refractivity contribution < 1.29 is 14.4 Å². The summed E-state index contributed by atoms with van der Waals surface area (Å²) in [7, 11) is 0. The van der Waals surface area contributed by atoms with Crippen molar-refractivity contribution in [3.8, 4) is 0 Å². The zero-order valence-electron chi connectivity index (χ0n) is 19.4. The van der Waals surface area contributed by atoms with Gasteiger partial charge in [0.15, 0.2) is 5.78 Å². The number of ketones is 1. The van der Waals surface area contributed by atoms with Gasteiger partial charge in [0.2, 0.25) is 11.8 Å². The van der Waals surface area contributed by atoms with Crippen molar-refractivity contribution in [1.29, 1.82) is 0 Å². The molecule has 5 nitrogen and oxygen atoms in total. The SMILES string of the molecule is O=C(CCC(=O)N1CCN(C(=O)CCCc2ccccc2)CC1)c1ccc2c(c1)CCCC2. The Hall–Kier alpha value is -2.95. The monoisotopic (exact) mass is 446 g/mol. The number of nitrogens with zero attached hydrogens (tertiary/aromatic N) is 2. The van der Waals surface area contributed by atoms with Gasteiger partial charge in [-0.25, -0.2) is 0 Å². The zero-order valence-corrected chi connectivity index (χ0v) is 19.4. The molecule has 5 heteroatoms. The number of carbonyl (C=O) groups excluding carboxylic acids is 3. The molecule has 0 saturated carbocycles. The van der Waals surface area contributed by atoms with Crippen LogP contribution in [0.5, 0.6) is 0 Å². The molecule has 0 atom stereocenters. The van der Waals surface area contributed by atoms with Crippen LogP contribution in [-0.4, -0.2) is 53.6 Å². The minimum atomic E-state index is 0.0116. The molecule has 0 spiro atoms. The third kappa shape index (κ3) is 6.31. The lowest BCUT2D eigenvalue weighted by molar-refractivity contribution is -0.139. The molecule has 33 heavy (non-hydrogen) atoms. The van der Waals surface area contributed by atoms with Crippen molar-refractivity contribution in [2.75, 3.05) is 26.2 Å². The maximum absolute atomic E-state index is 12.6. The number of hydrogen-bond donors (Lipinski definition) is 0. The number of amides is 2. The summed E-state index contributed by atoms with van der Waals surface area (Å²) in [6.45, 7) is 2.26. The Morgan fingerprint density at radius 2 is 1.33 bits per heavy atom. The van der Waals surface area contributed by atoms with Crippen molar-refractivity contribution in [2.24, 2.45) is 0 Å². The van der Waals surface area contributed by atoms with Gasteiger partial charge >= 0.3 is 0 Å². The first-order valence-electron chi connectivity index (χ1n) is 12.3. The molecule has 1 aliphatic carbocycles. The van der Waals surface area contributed by atoms with E-state index in [0.29, 0.717) is 32.6 Å². The number of Topliss-reactive ketones (excluding diaryl/α,β-unsaturated/α-hetero) is 1. The van der Waals surface area contributed by atoms with Crippen LogP contribution in [0, 0.1) is 0 Å². The van der Waals surface area contributed by atoms with Gasteiger partial charge in [-0.15, -0.1) is 0 Å². The lowest BCUT2D eigenvalue weighted by Gasteiger charge is -2.35. The Labute approximate surface area is 196 Å². The van der Waals surface area contributed by atoms with E-state index in [-0.39, 0.29) is 30.4 Å². The van der Waals surface area contributed by atoms with Crippen LogP contribution in [0.2, 0.25) is 0 Å². The van der Waals surface area contributed by atoms with Crippen LogP contribution < -0.4 is 0 Å². The summed E-state index contributed by atoms with van der Waals surface area (Å²) >= 11 is 0. The maximum atomic E-state index is 12.6. The van der Waals surface area contributed by atoms with Gasteiger partial charge in [-0.05, 0) is 61.3 Å². The highest BCUT2D eigenvalue weighted by Gasteiger charge is 2.24. The Morgan fingerprint density at radius 1 is 0.697 bits per heavy atom. The van der Waals surface area contributed by atoms with Crippen LogP contribution in [-0.2, 0) is 28.9 Å². The number of piperazine rings is 1. The molecule has 2 aromatic rings. The van der Waals surface area contributed by atoms with E-state index in [1.165, 1.54) is 29.5 Å². The molecule has 0 radical (unpaired) electrons. The summed E-state index contributed by atoms with van der Waals surface area (Å²) in [5.74, 6) is 0.224. The van der Waals surface area contributed by atoms with E-state index in [1.54, 1.807) is 4.90 Å². The van der Waals surface area contributed by atoms with Gasteiger partial charge in [-0.2, -0.15) is 0 Å². The van der Waals surface area contributed by atoms with E-state index in [2.05, 4.69) is 18.2 Å². The number of carbonyl (C=O) groups is 3. The highest BCUT2D eigenvalue weighted by atomic mass is 16.2. The Kier molecular flexibility index (Phi) is 7.92. The van der Waals surface area contributed by atoms with E-state index in [9.17, 15) is 14.4 Å². The Bertz CT molecular complexity index is 978. The molecule has 2 amide bonds. The van der Waals surface area contributed by atoms with Gasteiger partial charge in [0.25, 0.3) is 0 Å². The van der Waals surface area contributed by atoms with Crippen LogP contribution in [0.25, 0.3) is 0 Å². The number of fused-ring (bicyclic) bond motifs is 1. The third-order valence-electron chi connectivity index (χ3n) is 6.92. The maximum Gasteiger partial charge on any atom is 0.223 e. The molecular weight excluding hydrogens is 412 g/mol. The van der Waals surface area contributed by atoms with Crippen LogP contribution in [0.4, 0.5) is 0 Å². The second kappa shape index (κ2) is 11.3. The quantitative estimate of drug-likeness (QED) is 0.571. The fourth-order valence-corrected chi connectivity index (χ4v) is 4.88. The minimum absolute atomic E-state index is 0.0116. The van der Waals surface area contributed by atoms with Crippen LogP contribution >= 0.6 is 0 Å². The first-order valence-corrected chi connectivity index (χ1v) is 12.3. The van der Waals surface area contributed by atoms with Gasteiger partial charge < -0.3 is 9.80 Å². The number of aryl methyl sites for hydroxylation is 3. The fourth-order valence-electron chi connectivity index (χ4n) is 4.88. The number of hydrogen-bond acceptors (Lipinski definition) is 3. The molecule has 174 valence electrons. The van der Waals surface area contributed by atoms with E-state index in [4.69, 9.17) is 0 Å². The third-order valence-corrected chi connectivity index (χ3v) is 6.92. The van der Waals surface area contributed by atoms with Crippen molar-refractivity contribution >= 4 is 17.6 Å². The summed E-state index contributed by atoms with van der Waals surface area (Å²) in [5.41, 5.74) is 4.64. The van der Waals surface area contributed by atoms with Crippen LogP contribution in [0.15, 0.2) is 48.5 Å². The zero-order chi connectivity index (χ0) is 23.0. The average Bonchev–Trinajstić information content (AvgIpc) is 2.87. The molecule has 1 saturated heterocycles. The Balaban J connectivity index is 1.17. The summed E-state index contributed by atoms with van der Waals surface area (Å²) in [6.07, 6.45) is 7.33. The predicted molar refractivity (Wildman–Crippen MR) is 129 cm³/mol. The second-order valence-corrected chi connectivity index (χ2v) is 9.21. The van der Waals surface area contributed by atoms with Crippen LogP contribution in [0.3, 0.4) is 0 Å². The van der Waals surface area contributed by atoms with Crippen molar-refractivity contribution in [1.82, 2.24) is 9.80 Å². The summed E-state index contributed by atoms with van der Waals surface area (Å²) in [5, 5.41) is 0. The first kappa shape index (κ1) is 23.2. The topological polar surface area (TPSA) is 57.7 Å². The molecule has 4 rings (SSSR count). The highest BCUT2D eigenvalue weighted by Crippen LogP contribution is 2.23. The predicted octanol–water partition coefficient (Wildman–Crippen LogP) is 4.22. The molecule has 0 N–H and O–H groups in total. The van der Waals surface area contributed by atoms with Gasteiger partial charge in [0.05, 0.1) is 0 Å². The lowest BCUT2D eigenvalue weighted by atomic mass is 9.89. The van der Waals surface area contributed by atoms with Crippen molar-refractivity contribution in [3.05, 3.63) is 70.8 Å². The smallest absolute Gasteiger partial charge is 0.223 e. The molecule has 0 bridgehead atoms. The van der Waals surface area contributed by atoms with Crippen molar-refractivity contribution in [2.45, 2.75) is 57.8 Å². The molecule has 0 unspecified atom stereocenters. The van der Waals surface area contributed by atoms with Crippen molar-refractivity contribution in [3.63, 3.8) is 0 Å². The molecule has 1 aliphatic heterocycles. The first-order chi connectivity index (χ1) is 16.1. The molecular formula is C28H34N2O3. The van der Waals surface area contributed by atoms with Gasteiger partial charge in [-0.1, -0.05) is 42.5 Å². The molecule has 2 aromatic carbocycles. The highest BCUT2D eigenvalue weighted by molar-refractivity contribution is 5.98. The summed E-state index contributed by atoms with van der Waals surface area (Å²) < 4.78 is 0. The average molecular weight is 447 g/mol. The minimum Gasteiger partial charge on any atom is -0.339 e. The largest absolute Gasteiger partial charge is 0.339 e. The van der Waals surface area contributed by atoms with Gasteiger partial charge in [0.1, 0.15) is 0 Å². The molecule has 0 aromatic heterocycles. The van der Waals surface area contributed by atoms with E-state index >= 15 is 0 Å². The Morgan fingerprint density at radius 3 is 2.03 bits per heavy atom. The molecule has 1 fully saturated rings. The second-order valence-electron chi connectivity index (χ2n) is 9.21. The van der Waals surface area contributed by atoms with Gasteiger partial charge in [-0.3, -0.25) is 14.4 Å². The summed E-state index contributed by atoms with van der Waals surface area (Å²) in [4.78, 5) is 41.5. The number of benzene rings is 2. The standard InChI is InChI=1S/C28H34N2O3/c31-26(25-14-13-23-10-4-5-11-24(23)21-25)15-16-28(33)30-19-17-29(18-20-30)27(32)12-6-9-22-7-2-1-3-8-22/h1-3,7-8,13-14,21H,4-6,9-12,15-20H2. The normalized spacial score (nSPS) is 15.8. The van der Waals surface area contributed by atoms with Gasteiger partial charge in [0, 0.05) is 51.0 Å². The molecule has 2 aliphatic rings. The fraction of sp³-hybridized carbons (Fsp3) is 0.464. The van der Waals surface area contributed by atoms with Crippen LogP contribution in [0.1, 0.15) is 65.6 Å². The summed E-state index contributed by atoms with van der Waals surface area (Å²) in [6, 6.07) is 16.2.